The summed E-state index contributed by atoms with van der Waals surface area (Å²) >= 11 is 0. The third-order valence-corrected chi connectivity index (χ3v) is 2.80. The number of hydrogen-bond acceptors (Lipinski definition) is 1. The van der Waals surface area contributed by atoms with E-state index in [9.17, 15) is 26.3 Å². The Labute approximate surface area is 106 Å². The van der Waals surface area contributed by atoms with Crippen molar-refractivity contribution >= 4 is 0 Å². The second-order valence-electron chi connectivity index (χ2n) is 4.43. The third kappa shape index (κ3) is 3.33. The molecule has 0 aliphatic carbocycles. The topological polar surface area (TPSA) is 9.23 Å². The van der Waals surface area contributed by atoms with Gasteiger partial charge in [-0.25, -0.2) is 0 Å². The number of aryl methyl sites for hydroxylation is 1. The maximum atomic E-state index is 12.6. The van der Waals surface area contributed by atoms with Gasteiger partial charge in [0.25, 0.3) is 0 Å². The molecule has 0 saturated heterocycles. The van der Waals surface area contributed by atoms with Gasteiger partial charge in [0.15, 0.2) is 5.41 Å². The fraction of sp³-hybridized carbons (Fsp3) is 0.500. The van der Waals surface area contributed by atoms with Crippen LogP contribution in [0.4, 0.5) is 26.3 Å². The van der Waals surface area contributed by atoms with Gasteiger partial charge in [-0.3, -0.25) is 0 Å². The zero-order valence-corrected chi connectivity index (χ0v) is 10.2. The molecule has 1 nitrogen and oxygen atoms in total. The highest BCUT2D eigenvalue weighted by molar-refractivity contribution is 5.26. The Balaban J connectivity index is 2.89. The molecule has 0 fully saturated rings. The summed E-state index contributed by atoms with van der Waals surface area (Å²) in [5, 5.41) is 0. The van der Waals surface area contributed by atoms with Crippen LogP contribution < -0.4 is 4.74 Å². The lowest BCUT2D eigenvalue weighted by atomic mass is 9.90. The Bertz CT molecular complexity index is 403. The van der Waals surface area contributed by atoms with Gasteiger partial charge in [-0.1, -0.05) is 17.7 Å². The molecule has 1 aromatic rings. The van der Waals surface area contributed by atoms with Crippen molar-refractivity contribution in [2.24, 2.45) is 5.41 Å². The van der Waals surface area contributed by atoms with E-state index in [1.807, 2.05) is 0 Å². The summed E-state index contributed by atoms with van der Waals surface area (Å²) in [4.78, 5) is 0. The van der Waals surface area contributed by atoms with Crippen LogP contribution in [0.5, 0.6) is 5.75 Å². The van der Waals surface area contributed by atoms with Gasteiger partial charge in [0.2, 0.25) is 0 Å². The number of rotatable bonds is 3. The van der Waals surface area contributed by atoms with E-state index < -0.39 is 24.4 Å². The number of alkyl halides is 6. The van der Waals surface area contributed by atoms with Crippen molar-refractivity contribution in [1.29, 1.82) is 0 Å². The Morgan fingerprint density at radius 1 is 0.895 bits per heavy atom. The Kier molecular flexibility index (Phi) is 4.07. The van der Waals surface area contributed by atoms with Crippen molar-refractivity contribution < 1.29 is 31.1 Å². The second-order valence-corrected chi connectivity index (χ2v) is 4.43. The van der Waals surface area contributed by atoms with Gasteiger partial charge in [-0.05, 0) is 26.0 Å². The Morgan fingerprint density at radius 2 is 1.32 bits per heavy atom. The molecule has 0 bridgehead atoms. The van der Waals surface area contributed by atoms with E-state index >= 15 is 0 Å². The predicted octanol–water partition coefficient (Wildman–Crippen LogP) is 4.50. The fourth-order valence-electron chi connectivity index (χ4n) is 1.19. The van der Waals surface area contributed by atoms with Gasteiger partial charge < -0.3 is 4.74 Å². The molecule has 0 aliphatic heterocycles. The molecule has 0 amide bonds. The van der Waals surface area contributed by atoms with Crippen LogP contribution >= 0.6 is 0 Å². The summed E-state index contributed by atoms with van der Waals surface area (Å²) in [6, 6.07) is 5.71. The molecule has 1 aromatic carbocycles. The van der Waals surface area contributed by atoms with Crippen LogP contribution in [-0.4, -0.2) is 19.0 Å². The van der Waals surface area contributed by atoms with Crippen LogP contribution in [-0.2, 0) is 0 Å². The molecule has 0 N–H and O–H groups in total. The largest absolute Gasteiger partial charge is 0.492 e. The minimum Gasteiger partial charge on any atom is -0.492 e. The van der Waals surface area contributed by atoms with E-state index in [1.54, 1.807) is 6.92 Å². The van der Waals surface area contributed by atoms with E-state index in [-0.39, 0.29) is 12.7 Å². The number of hydrogen-bond donors (Lipinski definition) is 0. The van der Waals surface area contributed by atoms with E-state index in [0.717, 1.165) is 5.56 Å². The summed E-state index contributed by atoms with van der Waals surface area (Å²) in [5.74, 6) is -0.0367. The quantitative estimate of drug-likeness (QED) is 0.743. The second kappa shape index (κ2) is 4.94. The van der Waals surface area contributed by atoms with Gasteiger partial charge in [-0.15, -0.1) is 0 Å². The lowest BCUT2D eigenvalue weighted by Gasteiger charge is -2.33. The van der Waals surface area contributed by atoms with Crippen molar-refractivity contribution in [3.05, 3.63) is 29.8 Å². The van der Waals surface area contributed by atoms with E-state index in [1.165, 1.54) is 24.3 Å². The molecule has 1 rings (SSSR count). The Morgan fingerprint density at radius 3 is 1.68 bits per heavy atom. The maximum Gasteiger partial charge on any atom is 0.406 e. The molecule has 19 heavy (non-hydrogen) atoms. The van der Waals surface area contributed by atoms with Crippen LogP contribution in [0.2, 0.25) is 0 Å². The molecule has 0 radical (unpaired) electrons. The first kappa shape index (κ1) is 15.7. The molecule has 108 valence electrons. The summed E-state index contributed by atoms with van der Waals surface area (Å²) in [6.07, 6.45) is -10.9. The number of benzene rings is 1. The average molecular weight is 286 g/mol. The standard InChI is InChI=1S/C12H12F6O/c1-8-3-5-9(6-4-8)19-7-10(2,11(13,14)15)12(16,17)18/h3-6H,7H2,1-2H3. The smallest absolute Gasteiger partial charge is 0.406 e. The third-order valence-electron chi connectivity index (χ3n) is 2.80. The molecule has 0 unspecified atom stereocenters. The Hall–Kier alpha value is -1.40. The first-order chi connectivity index (χ1) is 8.47. The molecule has 0 saturated carbocycles. The highest BCUT2D eigenvalue weighted by atomic mass is 19.4. The normalized spacial score (nSPS) is 13.5. The van der Waals surface area contributed by atoms with E-state index in [4.69, 9.17) is 0 Å². The van der Waals surface area contributed by atoms with Crippen molar-refractivity contribution in [2.75, 3.05) is 6.61 Å². The monoisotopic (exact) mass is 286 g/mol. The van der Waals surface area contributed by atoms with Gasteiger partial charge in [-0.2, -0.15) is 26.3 Å². The van der Waals surface area contributed by atoms with Crippen molar-refractivity contribution in [3.8, 4) is 5.75 Å². The minimum atomic E-state index is -5.43. The van der Waals surface area contributed by atoms with E-state index in [2.05, 4.69) is 4.74 Å². The van der Waals surface area contributed by atoms with Crippen molar-refractivity contribution in [2.45, 2.75) is 26.2 Å². The highest BCUT2D eigenvalue weighted by Crippen LogP contribution is 2.50. The first-order valence-corrected chi connectivity index (χ1v) is 5.30. The summed E-state index contributed by atoms with van der Waals surface area (Å²) in [5.41, 5.74) is -3.08. The molecular formula is C12H12F6O. The average Bonchev–Trinajstić information content (AvgIpc) is 2.24. The lowest BCUT2D eigenvalue weighted by Crippen LogP contribution is -2.51. The zero-order valence-electron chi connectivity index (χ0n) is 10.2. The van der Waals surface area contributed by atoms with Crippen LogP contribution in [0.15, 0.2) is 24.3 Å². The molecule has 0 aromatic heterocycles. The van der Waals surface area contributed by atoms with Gasteiger partial charge in [0.1, 0.15) is 12.4 Å². The maximum absolute atomic E-state index is 12.6. The van der Waals surface area contributed by atoms with Crippen LogP contribution in [0, 0.1) is 12.3 Å². The molecule has 0 atom stereocenters. The van der Waals surface area contributed by atoms with Gasteiger partial charge >= 0.3 is 12.4 Å². The van der Waals surface area contributed by atoms with Gasteiger partial charge in [0.05, 0.1) is 0 Å². The van der Waals surface area contributed by atoms with Crippen LogP contribution in [0.1, 0.15) is 12.5 Å². The number of ether oxygens (including phenoxy) is 1. The first-order valence-electron chi connectivity index (χ1n) is 5.30. The molecule has 0 heterocycles. The lowest BCUT2D eigenvalue weighted by molar-refractivity contribution is -0.340. The fourth-order valence-corrected chi connectivity index (χ4v) is 1.19. The minimum absolute atomic E-state index is 0.0367. The highest BCUT2D eigenvalue weighted by Gasteiger charge is 2.68. The number of halogens is 6. The molecule has 0 aliphatic rings. The SMILES string of the molecule is Cc1ccc(OCC(C)(C(F)(F)F)C(F)(F)F)cc1. The summed E-state index contributed by atoms with van der Waals surface area (Å²) in [7, 11) is 0. The molecular weight excluding hydrogens is 274 g/mol. The summed E-state index contributed by atoms with van der Waals surface area (Å²) < 4.78 is 80.0. The predicted molar refractivity (Wildman–Crippen MR) is 56.9 cm³/mol. The van der Waals surface area contributed by atoms with Crippen molar-refractivity contribution in [3.63, 3.8) is 0 Å². The molecule has 7 heteroatoms. The molecule has 0 spiro atoms. The zero-order chi connectivity index (χ0) is 14.9. The van der Waals surface area contributed by atoms with Crippen LogP contribution in [0.3, 0.4) is 0 Å². The van der Waals surface area contributed by atoms with Gasteiger partial charge in [0, 0.05) is 0 Å². The van der Waals surface area contributed by atoms with Crippen LogP contribution in [0.25, 0.3) is 0 Å². The summed E-state index contributed by atoms with van der Waals surface area (Å²) in [6.45, 7) is 0.309. The van der Waals surface area contributed by atoms with E-state index in [0.29, 0.717) is 0 Å². The van der Waals surface area contributed by atoms with Crippen molar-refractivity contribution in [1.82, 2.24) is 0 Å².